The summed E-state index contributed by atoms with van der Waals surface area (Å²) in [5, 5.41) is 0. The molecule has 0 aliphatic carbocycles. The standard InChI is InChI=1S/C20H27N5/c1-3-7-18(8-4-1)16-23-11-13-25(14-12-23)20-15-19(21-17-22-20)24-9-5-2-6-10-24/h1,3-4,7-8,15,17H,2,5-6,9-14,16H2. The molecule has 0 saturated carbocycles. The van der Waals surface area contributed by atoms with Crippen molar-refractivity contribution in [3.05, 3.63) is 48.3 Å². The third kappa shape index (κ3) is 4.10. The molecule has 0 amide bonds. The van der Waals surface area contributed by atoms with Crippen LogP contribution in [-0.4, -0.2) is 54.1 Å². The van der Waals surface area contributed by atoms with E-state index in [0.717, 1.165) is 57.4 Å². The first-order valence-electron chi connectivity index (χ1n) is 9.47. The minimum Gasteiger partial charge on any atom is -0.356 e. The Morgan fingerprint density at radius 3 is 2.04 bits per heavy atom. The first kappa shape index (κ1) is 16.3. The molecule has 5 nitrogen and oxygen atoms in total. The van der Waals surface area contributed by atoms with Crippen LogP contribution in [0.4, 0.5) is 11.6 Å². The molecule has 5 heteroatoms. The molecular weight excluding hydrogens is 310 g/mol. The maximum absolute atomic E-state index is 4.54. The van der Waals surface area contributed by atoms with E-state index in [-0.39, 0.29) is 0 Å². The van der Waals surface area contributed by atoms with E-state index >= 15 is 0 Å². The van der Waals surface area contributed by atoms with Gasteiger partial charge in [0.25, 0.3) is 0 Å². The summed E-state index contributed by atoms with van der Waals surface area (Å²) in [5.74, 6) is 2.17. The van der Waals surface area contributed by atoms with Crippen LogP contribution in [0.2, 0.25) is 0 Å². The molecule has 0 unspecified atom stereocenters. The second-order valence-electron chi connectivity index (χ2n) is 7.03. The Balaban J connectivity index is 1.36. The number of nitrogens with zero attached hydrogens (tertiary/aromatic N) is 5. The van der Waals surface area contributed by atoms with E-state index in [2.05, 4.69) is 61.1 Å². The van der Waals surface area contributed by atoms with Crippen molar-refractivity contribution in [1.29, 1.82) is 0 Å². The average Bonchev–Trinajstić information content (AvgIpc) is 2.70. The molecule has 132 valence electrons. The van der Waals surface area contributed by atoms with Gasteiger partial charge in [-0.3, -0.25) is 4.90 Å². The lowest BCUT2D eigenvalue weighted by Gasteiger charge is -2.36. The van der Waals surface area contributed by atoms with Gasteiger partial charge in [-0.2, -0.15) is 0 Å². The van der Waals surface area contributed by atoms with E-state index < -0.39 is 0 Å². The zero-order valence-corrected chi connectivity index (χ0v) is 14.8. The highest BCUT2D eigenvalue weighted by molar-refractivity contribution is 5.50. The SMILES string of the molecule is c1ccc(CN2CCN(c3cc(N4CCCCC4)ncn3)CC2)cc1. The van der Waals surface area contributed by atoms with Crippen molar-refractivity contribution in [3.8, 4) is 0 Å². The molecule has 25 heavy (non-hydrogen) atoms. The zero-order chi connectivity index (χ0) is 16.9. The van der Waals surface area contributed by atoms with Gasteiger partial charge < -0.3 is 9.80 Å². The number of piperazine rings is 1. The summed E-state index contributed by atoms with van der Waals surface area (Å²) in [6.45, 7) is 7.52. The minimum atomic E-state index is 1.03. The lowest BCUT2D eigenvalue weighted by Crippen LogP contribution is -2.46. The van der Waals surface area contributed by atoms with Gasteiger partial charge in [0.15, 0.2) is 0 Å². The van der Waals surface area contributed by atoms with Gasteiger partial charge in [0, 0.05) is 51.9 Å². The summed E-state index contributed by atoms with van der Waals surface area (Å²) < 4.78 is 0. The Kier molecular flexibility index (Phi) is 5.11. The summed E-state index contributed by atoms with van der Waals surface area (Å²) >= 11 is 0. The van der Waals surface area contributed by atoms with Gasteiger partial charge in [0.1, 0.15) is 18.0 Å². The summed E-state index contributed by atoms with van der Waals surface area (Å²) in [5.41, 5.74) is 1.39. The minimum absolute atomic E-state index is 1.03. The molecule has 4 rings (SSSR count). The third-order valence-electron chi connectivity index (χ3n) is 5.26. The first-order valence-corrected chi connectivity index (χ1v) is 9.47. The van der Waals surface area contributed by atoms with E-state index in [1.807, 2.05) is 0 Å². The van der Waals surface area contributed by atoms with E-state index in [9.17, 15) is 0 Å². The Bertz CT molecular complexity index is 661. The van der Waals surface area contributed by atoms with Gasteiger partial charge >= 0.3 is 0 Å². The predicted octanol–water partition coefficient (Wildman–Crippen LogP) is 2.79. The Hall–Kier alpha value is -2.14. The molecule has 2 aromatic rings. The Labute approximate surface area is 150 Å². The second-order valence-corrected chi connectivity index (χ2v) is 7.03. The number of benzene rings is 1. The first-order chi connectivity index (χ1) is 12.4. The lowest BCUT2D eigenvalue weighted by atomic mass is 10.1. The molecule has 0 radical (unpaired) electrons. The largest absolute Gasteiger partial charge is 0.356 e. The molecule has 0 bridgehead atoms. The van der Waals surface area contributed by atoms with Crippen molar-refractivity contribution in [1.82, 2.24) is 14.9 Å². The van der Waals surface area contributed by atoms with Crippen molar-refractivity contribution in [3.63, 3.8) is 0 Å². The van der Waals surface area contributed by atoms with Crippen molar-refractivity contribution < 1.29 is 0 Å². The number of piperidine rings is 1. The molecule has 1 aromatic carbocycles. The van der Waals surface area contributed by atoms with E-state index in [0.29, 0.717) is 0 Å². The predicted molar refractivity (Wildman–Crippen MR) is 102 cm³/mol. The molecule has 0 spiro atoms. The molecule has 2 aliphatic heterocycles. The van der Waals surface area contributed by atoms with Crippen LogP contribution in [0.3, 0.4) is 0 Å². The summed E-state index contributed by atoms with van der Waals surface area (Å²) in [4.78, 5) is 16.4. The van der Waals surface area contributed by atoms with Crippen LogP contribution in [0, 0.1) is 0 Å². The van der Waals surface area contributed by atoms with Crippen LogP contribution in [0.5, 0.6) is 0 Å². The number of aromatic nitrogens is 2. The molecule has 2 fully saturated rings. The summed E-state index contributed by atoms with van der Waals surface area (Å²) in [7, 11) is 0. The fraction of sp³-hybridized carbons (Fsp3) is 0.500. The van der Waals surface area contributed by atoms with Crippen molar-refractivity contribution >= 4 is 11.6 Å². The molecule has 1 aromatic heterocycles. The average molecular weight is 337 g/mol. The van der Waals surface area contributed by atoms with Crippen molar-refractivity contribution in [2.75, 3.05) is 49.1 Å². The normalized spacial score (nSPS) is 19.2. The second kappa shape index (κ2) is 7.83. The Morgan fingerprint density at radius 1 is 0.720 bits per heavy atom. The summed E-state index contributed by atoms with van der Waals surface area (Å²) in [6, 6.07) is 12.9. The number of hydrogen-bond acceptors (Lipinski definition) is 5. The van der Waals surface area contributed by atoms with E-state index in [1.54, 1.807) is 6.33 Å². The smallest absolute Gasteiger partial charge is 0.134 e. The van der Waals surface area contributed by atoms with Gasteiger partial charge in [-0.25, -0.2) is 9.97 Å². The quantitative estimate of drug-likeness (QED) is 0.857. The van der Waals surface area contributed by atoms with Crippen LogP contribution in [-0.2, 0) is 6.54 Å². The van der Waals surface area contributed by atoms with Crippen molar-refractivity contribution in [2.45, 2.75) is 25.8 Å². The van der Waals surface area contributed by atoms with E-state index in [4.69, 9.17) is 0 Å². The maximum Gasteiger partial charge on any atom is 0.134 e. The van der Waals surface area contributed by atoms with Crippen LogP contribution < -0.4 is 9.80 Å². The number of rotatable bonds is 4. The van der Waals surface area contributed by atoms with Gasteiger partial charge in [0.05, 0.1) is 0 Å². The molecule has 2 aliphatic rings. The fourth-order valence-electron chi connectivity index (χ4n) is 3.78. The van der Waals surface area contributed by atoms with Crippen molar-refractivity contribution in [2.24, 2.45) is 0 Å². The van der Waals surface area contributed by atoms with Crippen LogP contribution in [0.15, 0.2) is 42.7 Å². The van der Waals surface area contributed by atoms with Crippen LogP contribution >= 0.6 is 0 Å². The molecule has 2 saturated heterocycles. The number of hydrogen-bond donors (Lipinski definition) is 0. The van der Waals surface area contributed by atoms with Gasteiger partial charge in [0.2, 0.25) is 0 Å². The van der Waals surface area contributed by atoms with Gasteiger partial charge in [-0.15, -0.1) is 0 Å². The lowest BCUT2D eigenvalue weighted by molar-refractivity contribution is 0.249. The topological polar surface area (TPSA) is 35.5 Å². The maximum atomic E-state index is 4.54. The highest BCUT2D eigenvalue weighted by atomic mass is 15.3. The van der Waals surface area contributed by atoms with Crippen LogP contribution in [0.25, 0.3) is 0 Å². The van der Waals surface area contributed by atoms with E-state index in [1.165, 1.54) is 24.8 Å². The number of anilines is 2. The molecule has 0 atom stereocenters. The zero-order valence-electron chi connectivity index (χ0n) is 14.8. The third-order valence-corrected chi connectivity index (χ3v) is 5.26. The fourth-order valence-corrected chi connectivity index (χ4v) is 3.78. The Morgan fingerprint density at radius 2 is 1.36 bits per heavy atom. The molecule has 0 N–H and O–H groups in total. The van der Waals surface area contributed by atoms with Gasteiger partial charge in [-0.1, -0.05) is 30.3 Å². The highest BCUT2D eigenvalue weighted by Crippen LogP contribution is 2.22. The summed E-state index contributed by atoms with van der Waals surface area (Å²) in [6.07, 6.45) is 5.63. The molecular formula is C20H27N5. The monoisotopic (exact) mass is 337 g/mol. The highest BCUT2D eigenvalue weighted by Gasteiger charge is 2.20. The van der Waals surface area contributed by atoms with Crippen LogP contribution in [0.1, 0.15) is 24.8 Å². The molecule has 3 heterocycles. The van der Waals surface area contributed by atoms with Gasteiger partial charge in [-0.05, 0) is 24.8 Å².